The minimum Gasteiger partial charge on any atom is -0.454 e. The number of halogens is 6. The number of carbonyl (C=O) groups excluding carboxylic acids is 4. The van der Waals surface area contributed by atoms with Gasteiger partial charge in [0.25, 0.3) is 0 Å². The fraction of sp³-hybridized carbons (Fsp3) is 0.450. The van der Waals surface area contributed by atoms with Crippen LogP contribution < -0.4 is 10.6 Å². The molecular formula is C40H46F6N2O5. The Kier molecular flexibility index (Phi) is 17.0. The van der Waals surface area contributed by atoms with Crippen molar-refractivity contribution in [3.63, 3.8) is 0 Å². The van der Waals surface area contributed by atoms with Crippen molar-refractivity contribution in [3.05, 3.63) is 107 Å². The predicted octanol–water partition coefficient (Wildman–Crippen LogP) is 8.83. The van der Waals surface area contributed by atoms with Crippen molar-refractivity contribution in [1.82, 2.24) is 10.6 Å². The van der Waals surface area contributed by atoms with Crippen LogP contribution in [0.4, 0.5) is 26.3 Å². The fourth-order valence-corrected chi connectivity index (χ4v) is 5.84. The first kappa shape index (κ1) is 42.7. The Balaban J connectivity index is 1.75. The topological polar surface area (TPSA) is 102 Å². The second-order valence-corrected chi connectivity index (χ2v) is 12.9. The van der Waals surface area contributed by atoms with Gasteiger partial charge in [0, 0.05) is 12.8 Å². The first-order valence-electron chi connectivity index (χ1n) is 17.9. The quantitative estimate of drug-likeness (QED) is 0.0645. The van der Waals surface area contributed by atoms with E-state index in [9.17, 15) is 45.5 Å². The smallest absolute Gasteiger partial charge is 0.417 e. The summed E-state index contributed by atoms with van der Waals surface area (Å²) < 4.78 is 86.7. The third-order valence-corrected chi connectivity index (χ3v) is 8.65. The second-order valence-electron chi connectivity index (χ2n) is 12.9. The first-order valence-corrected chi connectivity index (χ1v) is 17.9. The zero-order valence-corrected chi connectivity index (χ0v) is 29.7. The molecule has 53 heavy (non-hydrogen) atoms. The number of nitrogens with one attached hydrogen (secondary N) is 2. The van der Waals surface area contributed by atoms with Crippen molar-refractivity contribution in [2.45, 2.75) is 108 Å². The highest BCUT2D eigenvalue weighted by Gasteiger charge is 2.43. The van der Waals surface area contributed by atoms with Crippen molar-refractivity contribution in [3.8, 4) is 0 Å². The minimum atomic E-state index is -5.34. The van der Waals surface area contributed by atoms with Crippen molar-refractivity contribution in [1.29, 1.82) is 0 Å². The lowest BCUT2D eigenvalue weighted by atomic mass is 9.99. The van der Waals surface area contributed by atoms with Gasteiger partial charge in [0.05, 0.1) is 22.7 Å². The standard InChI is InChI=1S/C40H46F6N2O5/c1-2-3-4-5-6-7-8-9-16-24-35(50)47-33(26-29-20-14-11-15-21-29)37(51)48-32(25-28-18-12-10-13-19-28)34(49)27-53-38(52)36-30(39(41,42)43)22-17-23-31(36)40(44,45)46/h10-15,17-23,32-33H,2-9,16,24-27H2,1H3,(H,47,50)(H,48,51)/t32-,33?/m0/s1. The lowest BCUT2D eigenvalue weighted by molar-refractivity contribution is -0.144. The maximum Gasteiger partial charge on any atom is 0.417 e. The molecular weight excluding hydrogens is 702 g/mol. The minimum absolute atomic E-state index is 0.0614. The van der Waals surface area contributed by atoms with Gasteiger partial charge >= 0.3 is 18.3 Å². The van der Waals surface area contributed by atoms with Gasteiger partial charge in [-0.05, 0) is 36.1 Å². The SMILES string of the molecule is CCCCCCCCCCCC(=O)NC(Cc1ccccc1)C(=O)N[C@@H](Cc1ccccc1)C(=O)COC(=O)c1c(C(F)(F)F)cccc1C(F)(F)F. The molecule has 0 saturated heterocycles. The van der Waals surface area contributed by atoms with E-state index in [1.807, 2.05) is 0 Å². The number of esters is 1. The third-order valence-electron chi connectivity index (χ3n) is 8.65. The van der Waals surface area contributed by atoms with Crippen LogP contribution in [0.25, 0.3) is 0 Å². The molecule has 2 atom stereocenters. The number of hydrogen-bond donors (Lipinski definition) is 2. The highest BCUT2D eigenvalue weighted by atomic mass is 19.4. The van der Waals surface area contributed by atoms with Crippen LogP contribution in [0.5, 0.6) is 0 Å². The van der Waals surface area contributed by atoms with Gasteiger partial charge in [-0.25, -0.2) is 4.79 Å². The van der Waals surface area contributed by atoms with Crippen LogP contribution in [0.3, 0.4) is 0 Å². The van der Waals surface area contributed by atoms with Crippen molar-refractivity contribution in [2.75, 3.05) is 6.61 Å². The van der Waals surface area contributed by atoms with E-state index in [2.05, 4.69) is 17.6 Å². The second kappa shape index (κ2) is 21.1. The summed E-state index contributed by atoms with van der Waals surface area (Å²) in [5, 5.41) is 5.33. The third kappa shape index (κ3) is 14.7. The van der Waals surface area contributed by atoms with Gasteiger partial charge in [-0.15, -0.1) is 0 Å². The fourth-order valence-electron chi connectivity index (χ4n) is 5.84. The van der Waals surface area contributed by atoms with E-state index < -0.39 is 65.4 Å². The number of ketones is 1. The Hall–Kier alpha value is -4.68. The number of rotatable bonds is 21. The summed E-state index contributed by atoms with van der Waals surface area (Å²) in [6.07, 6.45) is -1.12. The molecule has 3 rings (SSSR count). The van der Waals surface area contributed by atoms with Crippen LogP contribution in [0, 0.1) is 0 Å². The van der Waals surface area contributed by atoms with Gasteiger partial charge in [0.2, 0.25) is 11.8 Å². The number of amides is 2. The molecule has 0 spiro atoms. The molecule has 0 aromatic heterocycles. The average molecular weight is 749 g/mol. The summed E-state index contributed by atoms with van der Waals surface area (Å²) in [4.78, 5) is 53.0. The molecule has 0 aliphatic heterocycles. The van der Waals surface area contributed by atoms with E-state index in [-0.39, 0.29) is 25.2 Å². The summed E-state index contributed by atoms with van der Waals surface area (Å²) in [6, 6.07) is 15.7. The lowest BCUT2D eigenvalue weighted by Gasteiger charge is -2.23. The largest absolute Gasteiger partial charge is 0.454 e. The van der Waals surface area contributed by atoms with Crippen molar-refractivity contribution >= 4 is 23.6 Å². The number of Topliss-reactive ketones (excluding diaryl/α,β-unsaturated/α-hetero) is 1. The average Bonchev–Trinajstić information content (AvgIpc) is 3.12. The molecule has 0 bridgehead atoms. The molecule has 0 fully saturated rings. The maximum absolute atomic E-state index is 13.7. The summed E-state index contributed by atoms with van der Waals surface area (Å²) >= 11 is 0. The zero-order valence-electron chi connectivity index (χ0n) is 29.7. The van der Waals surface area contributed by atoms with E-state index in [0.29, 0.717) is 35.7 Å². The number of benzene rings is 3. The Morgan fingerprint density at radius 2 is 1.08 bits per heavy atom. The van der Waals surface area contributed by atoms with Gasteiger partial charge in [-0.1, -0.05) is 125 Å². The number of alkyl halides is 6. The van der Waals surface area contributed by atoms with E-state index in [0.717, 1.165) is 25.7 Å². The first-order chi connectivity index (χ1) is 25.2. The van der Waals surface area contributed by atoms with E-state index in [4.69, 9.17) is 4.74 Å². The van der Waals surface area contributed by atoms with Gasteiger partial charge in [0.15, 0.2) is 12.4 Å². The predicted molar refractivity (Wildman–Crippen MR) is 188 cm³/mol. The molecule has 0 aliphatic rings. The molecule has 2 N–H and O–H groups in total. The molecule has 7 nitrogen and oxygen atoms in total. The van der Waals surface area contributed by atoms with Crippen molar-refractivity contribution in [2.24, 2.45) is 0 Å². The van der Waals surface area contributed by atoms with Crippen LogP contribution in [-0.4, -0.2) is 42.3 Å². The molecule has 13 heteroatoms. The van der Waals surface area contributed by atoms with Crippen molar-refractivity contribution < 1.29 is 50.3 Å². The molecule has 3 aromatic carbocycles. The highest BCUT2D eigenvalue weighted by Crippen LogP contribution is 2.39. The summed E-state index contributed by atoms with van der Waals surface area (Å²) in [7, 11) is 0. The summed E-state index contributed by atoms with van der Waals surface area (Å²) in [6.45, 7) is 0.921. The Morgan fingerprint density at radius 1 is 0.604 bits per heavy atom. The monoisotopic (exact) mass is 748 g/mol. The molecule has 3 aromatic rings. The Morgan fingerprint density at radius 3 is 1.57 bits per heavy atom. The normalized spacial score (nSPS) is 12.8. The zero-order chi connectivity index (χ0) is 38.9. The van der Waals surface area contributed by atoms with E-state index >= 15 is 0 Å². The maximum atomic E-state index is 13.7. The molecule has 0 aliphatic carbocycles. The number of carbonyl (C=O) groups is 4. The van der Waals surface area contributed by atoms with Gasteiger partial charge in [0.1, 0.15) is 6.04 Å². The van der Waals surface area contributed by atoms with Gasteiger partial charge in [-0.2, -0.15) is 26.3 Å². The van der Waals surface area contributed by atoms with Crippen LogP contribution in [-0.2, 0) is 44.3 Å². The molecule has 2 amide bonds. The van der Waals surface area contributed by atoms with E-state index in [1.165, 1.54) is 25.7 Å². The van der Waals surface area contributed by atoms with Gasteiger partial charge < -0.3 is 15.4 Å². The van der Waals surface area contributed by atoms with Crippen LogP contribution in [0.15, 0.2) is 78.9 Å². The van der Waals surface area contributed by atoms with E-state index in [1.54, 1.807) is 60.7 Å². The van der Waals surface area contributed by atoms with Gasteiger partial charge in [-0.3, -0.25) is 14.4 Å². The Bertz CT molecular complexity index is 1580. The highest BCUT2D eigenvalue weighted by molar-refractivity contribution is 5.97. The number of unbranched alkanes of at least 4 members (excludes halogenated alkanes) is 8. The molecule has 0 saturated carbocycles. The Labute approximate surface area is 305 Å². The number of ether oxygens (including phenoxy) is 1. The number of hydrogen-bond acceptors (Lipinski definition) is 5. The molecule has 288 valence electrons. The van der Waals surface area contributed by atoms with Crippen LogP contribution in [0.2, 0.25) is 0 Å². The lowest BCUT2D eigenvalue weighted by Crippen LogP contribution is -2.53. The van der Waals surface area contributed by atoms with Crippen LogP contribution in [0.1, 0.15) is 104 Å². The molecule has 1 unspecified atom stereocenters. The molecule has 0 heterocycles. The summed E-state index contributed by atoms with van der Waals surface area (Å²) in [5.41, 5.74) is -4.27. The molecule has 0 radical (unpaired) electrons. The summed E-state index contributed by atoms with van der Waals surface area (Å²) in [5.74, 6) is -4.12. The van der Waals surface area contributed by atoms with Crippen LogP contribution >= 0.6 is 0 Å².